The van der Waals surface area contributed by atoms with Crippen LogP contribution in [-0.4, -0.2) is 9.97 Å². The molecule has 0 unspecified atom stereocenters. The molecule has 2 aromatic carbocycles. The zero-order valence-electron chi connectivity index (χ0n) is 13.9. The van der Waals surface area contributed by atoms with Crippen molar-refractivity contribution in [2.45, 2.75) is 20.8 Å². The van der Waals surface area contributed by atoms with Gasteiger partial charge in [0, 0.05) is 27.6 Å². The van der Waals surface area contributed by atoms with Gasteiger partial charge in [-0.3, -0.25) is 0 Å². The molecule has 0 aliphatic carbocycles. The Morgan fingerprint density at radius 2 is 1.42 bits per heavy atom. The first kappa shape index (κ1) is 16.5. The molecule has 24 heavy (non-hydrogen) atoms. The van der Waals surface area contributed by atoms with Gasteiger partial charge >= 0.3 is 0 Å². The van der Waals surface area contributed by atoms with E-state index < -0.39 is 0 Å². The number of rotatable bonds is 4. The highest BCUT2D eigenvalue weighted by Gasteiger charge is 2.04. The summed E-state index contributed by atoms with van der Waals surface area (Å²) in [6.45, 7) is 6.12. The van der Waals surface area contributed by atoms with E-state index in [0.717, 1.165) is 27.4 Å². The molecule has 3 rings (SSSR count). The van der Waals surface area contributed by atoms with Crippen molar-refractivity contribution in [1.29, 1.82) is 0 Å². The Balaban J connectivity index is 1.84. The van der Waals surface area contributed by atoms with Crippen LogP contribution in [0.25, 0.3) is 0 Å². The molecule has 0 radical (unpaired) electrons. The summed E-state index contributed by atoms with van der Waals surface area (Å²) in [6.07, 6.45) is 0. The van der Waals surface area contributed by atoms with Gasteiger partial charge in [0.15, 0.2) is 0 Å². The summed E-state index contributed by atoms with van der Waals surface area (Å²) in [5, 5.41) is 6.60. The highest BCUT2D eigenvalue weighted by Crippen LogP contribution is 2.21. The molecule has 122 valence electrons. The Kier molecular flexibility index (Phi) is 4.81. The standard InChI is InChI=1S/C19H19BrN4/c1-12-8-13(2)10-17(9-12)23-19-21-14(3)11-18(24-19)22-16-6-4-15(20)5-7-16/h4-11H,1-3H3,(H2,21,22,23,24). The van der Waals surface area contributed by atoms with Gasteiger partial charge in [0.2, 0.25) is 5.95 Å². The van der Waals surface area contributed by atoms with Gasteiger partial charge in [-0.2, -0.15) is 4.98 Å². The second-order valence-electron chi connectivity index (χ2n) is 5.85. The molecule has 1 heterocycles. The lowest BCUT2D eigenvalue weighted by Gasteiger charge is -2.11. The number of anilines is 4. The molecule has 0 saturated carbocycles. The van der Waals surface area contributed by atoms with Crippen LogP contribution in [0.4, 0.5) is 23.1 Å². The summed E-state index contributed by atoms with van der Waals surface area (Å²) in [7, 11) is 0. The normalized spacial score (nSPS) is 10.5. The smallest absolute Gasteiger partial charge is 0.229 e. The summed E-state index contributed by atoms with van der Waals surface area (Å²) in [5.74, 6) is 1.34. The minimum atomic E-state index is 0.583. The number of aromatic nitrogens is 2. The van der Waals surface area contributed by atoms with Crippen molar-refractivity contribution >= 4 is 39.1 Å². The Hall–Kier alpha value is -2.40. The Bertz CT molecular complexity index is 839. The second kappa shape index (κ2) is 7.01. The highest BCUT2D eigenvalue weighted by atomic mass is 79.9. The van der Waals surface area contributed by atoms with E-state index in [9.17, 15) is 0 Å². The SMILES string of the molecule is Cc1cc(C)cc(Nc2nc(C)cc(Nc3ccc(Br)cc3)n2)c1. The Labute approximate surface area is 150 Å². The zero-order valence-corrected chi connectivity index (χ0v) is 15.5. The molecule has 0 amide bonds. The van der Waals surface area contributed by atoms with Gasteiger partial charge < -0.3 is 10.6 Å². The summed E-state index contributed by atoms with van der Waals surface area (Å²) >= 11 is 3.44. The molecule has 0 aliphatic rings. The van der Waals surface area contributed by atoms with E-state index in [1.165, 1.54) is 11.1 Å². The first-order valence-corrected chi connectivity index (χ1v) is 8.51. The van der Waals surface area contributed by atoms with Crippen LogP contribution in [0.3, 0.4) is 0 Å². The lowest BCUT2D eigenvalue weighted by atomic mass is 10.1. The lowest BCUT2D eigenvalue weighted by molar-refractivity contribution is 1.11. The van der Waals surface area contributed by atoms with Gasteiger partial charge in [-0.05, 0) is 68.3 Å². The quantitative estimate of drug-likeness (QED) is 0.611. The summed E-state index contributed by atoms with van der Waals surface area (Å²) < 4.78 is 1.05. The maximum Gasteiger partial charge on any atom is 0.229 e. The van der Waals surface area contributed by atoms with E-state index in [0.29, 0.717) is 5.95 Å². The molecule has 1 aromatic heterocycles. The van der Waals surface area contributed by atoms with Gasteiger partial charge in [0.05, 0.1) is 0 Å². The molecule has 2 N–H and O–H groups in total. The fraction of sp³-hybridized carbons (Fsp3) is 0.158. The van der Waals surface area contributed by atoms with E-state index in [-0.39, 0.29) is 0 Å². The number of hydrogen-bond acceptors (Lipinski definition) is 4. The molecule has 0 saturated heterocycles. The lowest BCUT2D eigenvalue weighted by Crippen LogP contribution is -2.02. The van der Waals surface area contributed by atoms with Crippen LogP contribution >= 0.6 is 15.9 Å². The largest absolute Gasteiger partial charge is 0.340 e. The molecule has 4 nitrogen and oxygen atoms in total. The first-order chi connectivity index (χ1) is 11.5. The van der Waals surface area contributed by atoms with Crippen LogP contribution in [-0.2, 0) is 0 Å². The summed E-state index contributed by atoms with van der Waals surface area (Å²) in [5.41, 5.74) is 5.29. The van der Waals surface area contributed by atoms with E-state index in [1.807, 2.05) is 37.3 Å². The first-order valence-electron chi connectivity index (χ1n) is 7.71. The van der Waals surface area contributed by atoms with Crippen LogP contribution in [0.15, 0.2) is 53.0 Å². The predicted molar refractivity (Wildman–Crippen MR) is 103 cm³/mol. The molecule has 3 aromatic rings. The van der Waals surface area contributed by atoms with Crippen LogP contribution < -0.4 is 10.6 Å². The van der Waals surface area contributed by atoms with Crippen LogP contribution in [0, 0.1) is 20.8 Å². The minimum Gasteiger partial charge on any atom is -0.340 e. The fourth-order valence-electron chi connectivity index (χ4n) is 2.55. The summed E-state index contributed by atoms with van der Waals surface area (Å²) in [6, 6.07) is 16.2. The third-order valence-corrected chi connectivity index (χ3v) is 3.98. The van der Waals surface area contributed by atoms with Crippen molar-refractivity contribution in [2.24, 2.45) is 0 Å². The van der Waals surface area contributed by atoms with Gasteiger partial charge in [-0.15, -0.1) is 0 Å². The van der Waals surface area contributed by atoms with Crippen LogP contribution in [0.5, 0.6) is 0 Å². The molecule has 0 bridgehead atoms. The number of nitrogens with zero attached hydrogens (tertiary/aromatic N) is 2. The minimum absolute atomic E-state index is 0.583. The predicted octanol–water partition coefficient (Wildman–Crippen LogP) is 5.65. The monoisotopic (exact) mass is 382 g/mol. The second-order valence-corrected chi connectivity index (χ2v) is 6.77. The van der Waals surface area contributed by atoms with E-state index in [4.69, 9.17) is 0 Å². The van der Waals surface area contributed by atoms with Gasteiger partial charge in [-0.1, -0.05) is 22.0 Å². The maximum absolute atomic E-state index is 4.56. The van der Waals surface area contributed by atoms with Crippen molar-refractivity contribution in [3.63, 3.8) is 0 Å². The van der Waals surface area contributed by atoms with E-state index in [2.05, 4.69) is 68.6 Å². The number of nitrogens with one attached hydrogen (secondary N) is 2. The van der Waals surface area contributed by atoms with E-state index >= 15 is 0 Å². The van der Waals surface area contributed by atoms with E-state index in [1.54, 1.807) is 0 Å². The molecule has 5 heteroatoms. The van der Waals surface area contributed by atoms with Crippen LogP contribution in [0.1, 0.15) is 16.8 Å². The van der Waals surface area contributed by atoms with Crippen LogP contribution in [0.2, 0.25) is 0 Å². The number of aryl methyl sites for hydroxylation is 3. The number of hydrogen-bond donors (Lipinski definition) is 2. The average Bonchev–Trinajstić information content (AvgIpc) is 2.48. The molecule has 0 fully saturated rings. The molecular formula is C19H19BrN4. The van der Waals surface area contributed by atoms with Crippen molar-refractivity contribution in [3.05, 3.63) is 69.8 Å². The zero-order chi connectivity index (χ0) is 17.1. The third kappa shape index (κ3) is 4.32. The average molecular weight is 383 g/mol. The summed E-state index contributed by atoms with van der Waals surface area (Å²) in [4.78, 5) is 9.04. The molecule has 0 spiro atoms. The molecule has 0 aliphatic heterocycles. The van der Waals surface area contributed by atoms with Gasteiger partial charge in [0.1, 0.15) is 5.82 Å². The Morgan fingerprint density at radius 1 is 0.750 bits per heavy atom. The molecular weight excluding hydrogens is 364 g/mol. The third-order valence-electron chi connectivity index (χ3n) is 3.45. The van der Waals surface area contributed by atoms with Crippen molar-refractivity contribution in [3.8, 4) is 0 Å². The van der Waals surface area contributed by atoms with Crippen molar-refractivity contribution in [2.75, 3.05) is 10.6 Å². The fourth-order valence-corrected chi connectivity index (χ4v) is 2.81. The van der Waals surface area contributed by atoms with Crippen molar-refractivity contribution < 1.29 is 0 Å². The van der Waals surface area contributed by atoms with Gasteiger partial charge in [-0.25, -0.2) is 4.98 Å². The number of halogens is 1. The van der Waals surface area contributed by atoms with Crippen molar-refractivity contribution in [1.82, 2.24) is 9.97 Å². The maximum atomic E-state index is 4.56. The Morgan fingerprint density at radius 3 is 2.08 bits per heavy atom. The van der Waals surface area contributed by atoms with Gasteiger partial charge in [0.25, 0.3) is 0 Å². The highest BCUT2D eigenvalue weighted by molar-refractivity contribution is 9.10. The topological polar surface area (TPSA) is 49.8 Å². The molecule has 0 atom stereocenters. The number of benzene rings is 2.